The van der Waals surface area contributed by atoms with Gasteiger partial charge in [0, 0.05) is 31.9 Å². The van der Waals surface area contributed by atoms with Crippen LogP contribution in [-0.4, -0.2) is 50.2 Å². The first-order valence-electron chi connectivity index (χ1n) is 14.2. The second-order valence-electron chi connectivity index (χ2n) is 11.0. The second kappa shape index (κ2) is 11.8. The maximum atomic E-state index is 13.9. The number of aryl methyl sites for hydroxylation is 1. The molecule has 1 aliphatic heterocycles. The molecule has 0 radical (unpaired) electrons. The molecule has 224 valence electrons. The van der Waals surface area contributed by atoms with Crippen LogP contribution in [0.25, 0.3) is 16.7 Å². The number of hydrogen-bond acceptors (Lipinski definition) is 5. The average Bonchev–Trinajstić information content (AvgIpc) is 3.54. The standard InChI is InChI=1S/C30H30ClF2N7O3/c1-17-12-25(38-11-10-34-29(38)42)35-15-24(17)40-23-5-3-2-4-22(23)39(30(40)43)16-18-6-8-20(9-7-18)37-28(41)21-13-19(31)14-36-26(21)27(32)33/h2-5,12-15,18,20,27H,6-11,16H2,1H3,(H,34,42)(H,37,41). The minimum atomic E-state index is -2.89. The molecule has 4 aromatic rings. The Bertz CT molecular complexity index is 1760. The number of nitrogens with one attached hydrogen (secondary N) is 2. The van der Waals surface area contributed by atoms with E-state index in [-0.39, 0.29) is 34.3 Å². The molecule has 43 heavy (non-hydrogen) atoms. The number of para-hydroxylation sites is 2. The Morgan fingerprint density at radius 2 is 1.84 bits per heavy atom. The van der Waals surface area contributed by atoms with Crippen molar-refractivity contribution in [3.63, 3.8) is 0 Å². The summed E-state index contributed by atoms with van der Waals surface area (Å²) < 4.78 is 30.2. The first-order valence-corrected chi connectivity index (χ1v) is 14.6. The number of anilines is 1. The van der Waals surface area contributed by atoms with Gasteiger partial charge in [-0.05, 0) is 68.4 Å². The minimum Gasteiger partial charge on any atom is -0.349 e. The number of hydrogen-bond donors (Lipinski definition) is 2. The largest absolute Gasteiger partial charge is 0.349 e. The summed E-state index contributed by atoms with van der Waals surface area (Å²) in [4.78, 5) is 48.5. The Labute approximate surface area is 250 Å². The Morgan fingerprint density at radius 1 is 1.09 bits per heavy atom. The first-order chi connectivity index (χ1) is 20.7. The van der Waals surface area contributed by atoms with E-state index in [2.05, 4.69) is 20.6 Å². The zero-order valence-electron chi connectivity index (χ0n) is 23.4. The van der Waals surface area contributed by atoms with Crippen LogP contribution < -0.4 is 21.2 Å². The van der Waals surface area contributed by atoms with Crippen molar-refractivity contribution in [2.45, 2.75) is 51.6 Å². The van der Waals surface area contributed by atoms with Crippen molar-refractivity contribution in [3.05, 3.63) is 81.1 Å². The van der Waals surface area contributed by atoms with Crippen LogP contribution in [0.5, 0.6) is 0 Å². The molecule has 4 heterocycles. The van der Waals surface area contributed by atoms with Crippen LogP contribution in [-0.2, 0) is 6.54 Å². The number of rotatable bonds is 7. The molecule has 6 rings (SSSR count). The highest BCUT2D eigenvalue weighted by atomic mass is 35.5. The summed E-state index contributed by atoms with van der Waals surface area (Å²) in [5.74, 6) is 0.104. The van der Waals surface area contributed by atoms with Gasteiger partial charge in [-0.1, -0.05) is 23.7 Å². The molecule has 1 saturated heterocycles. The summed E-state index contributed by atoms with van der Waals surface area (Å²) in [6, 6.07) is 10.3. The zero-order valence-corrected chi connectivity index (χ0v) is 24.2. The quantitative estimate of drug-likeness (QED) is 0.306. The van der Waals surface area contributed by atoms with Crippen LogP contribution in [0.3, 0.4) is 0 Å². The maximum Gasteiger partial charge on any atom is 0.333 e. The number of amides is 3. The van der Waals surface area contributed by atoms with Crippen molar-refractivity contribution >= 4 is 40.4 Å². The minimum absolute atomic E-state index is 0.115. The van der Waals surface area contributed by atoms with E-state index < -0.39 is 18.0 Å². The summed E-state index contributed by atoms with van der Waals surface area (Å²) in [7, 11) is 0. The number of urea groups is 1. The Morgan fingerprint density at radius 3 is 2.51 bits per heavy atom. The van der Waals surface area contributed by atoms with E-state index in [0.717, 1.165) is 35.6 Å². The van der Waals surface area contributed by atoms with Gasteiger partial charge in [-0.25, -0.2) is 23.4 Å². The van der Waals surface area contributed by atoms with Gasteiger partial charge in [0.15, 0.2) is 0 Å². The lowest BCUT2D eigenvalue weighted by molar-refractivity contribution is 0.0904. The zero-order chi connectivity index (χ0) is 30.2. The molecule has 2 aliphatic rings. The van der Waals surface area contributed by atoms with Crippen molar-refractivity contribution in [3.8, 4) is 5.69 Å². The predicted octanol–water partition coefficient (Wildman–Crippen LogP) is 5.00. The van der Waals surface area contributed by atoms with Crippen LogP contribution in [0.15, 0.2) is 53.6 Å². The van der Waals surface area contributed by atoms with Gasteiger partial charge in [0.1, 0.15) is 11.5 Å². The third kappa shape index (κ3) is 5.58. The summed E-state index contributed by atoms with van der Waals surface area (Å²) in [5.41, 5.74) is 2.04. The van der Waals surface area contributed by atoms with E-state index in [0.29, 0.717) is 44.0 Å². The van der Waals surface area contributed by atoms with Crippen molar-refractivity contribution in [2.24, 2.45) is 5.92 Å². The van der Waals surface area contributed by atoms with E-state index in [1.807, 2.05) is 37.3 Å². The first kappa shape index (κ1) is 28.8. The molecule has 0 spiro atoms. The lowest BCUT2D eigenvalue weighted by Gasteiger charge is -2.29. The third-order valence-electron chi connectivity index (χ3n) is 8.24. The molecule has 2 fully saturated rings. The number of halogens is 3. The van der Waals surface area contributed by atoms with Crippen molar-refractivity contribution in [1.82, 2.24) is 29.7 Å². The summed E-state index contributed by atoms with van der Waals surface area (Å²) in [6.07, 6.45) is 2.65. The van der Waals surface area contributed by atoms with Gasteiger partial charge < -0.3 is 10.6 Å². The topological polar surface area (TPSA) is 114 Å². The maximum absolute atomic E-state index is 13.9. The van der Waals surface area contributed by atoms with Crippen LogP contribution >= 0.6 is 11.6 Å². The molecule has 0 bridgehead atoms. The van der Waals surface area contributed by atoms with E-state index in [4.69, 9.17) is 11.6 Å². The molecule has 1 aliphatic carbocycles. The Balaban J connectivity index is 1.18. The predicted molar refractivity (Wildman–Crippen MR) is 158 cm³/mol. The van der Waals surface area contributed by atoms with Gasteiger partial charge in [0.05, 0.1) is 33.5 Å². The van der Waals surface area contributed by atoms with E-state index in [1.165, 1.54) is 6.07 Å². The number of carbonyl (C=O) groups is 2. The SMILES string of the molecule is Cc1cc(N2CCNC2=O)ncc1-n1c(=O)n(CC2CCC(NC(=O)c3cc(Cl)cnc3C(F)F)CC2)c2ccccc21. The van der Waals surface area contributed by atoms with Crippen LogP contribution in [0.4, 0.5) is 19.4 Å². The second-order valence-corrected chi connectivity index (χ2v) is 11.4. The fourth-order valence-electron chi connectivity index (χ4n) is 6.04. The smallest absolute Gasteiger partial charge is 0.333 e. The highest BCUT2D eigenvalue weighted by Crippen LogP contribution is 2.29. The number of alkyl halides is 2. The average molecular weight is 610 g/mol. The number of nitrogens with zero attached hydrogens (tertiary/aromatic N) is 5. The normalized spacial score (nSPS) is 18.8. The highest BCUT2D eigenvalue weighted by molar-refractivity contribution is 6.30. The van der Waals surface area contributed by atoms with Crippen LogP contribution in [0, 0.1) is 12.8 Å². The molecule has 3 aromatic heterocycles. The van der Waals surface area contributed by atoms with Gasteiger partial charge in [-0.3, -0.25) is 23.8 Å². The highest BCUT2D eigenvalue weighted by Gasteiger charge is 2.28. The van der Waals surface area contributed by atoms with Gasteiger partial charge in [0.2, 0.25) is 0 Å². The molecule has 0 atom stereocenters. The third-order valence-corrected chi connectivity index (χ3v) is 8.44. The molecule has 1 aromatic carbocycles. The van der Waals surface area contributed by atoms with Crippen LogP contribution in [0.1, 0.15) is 53.7 Å². The lowest BCUT2D eigenvalue weighted by Crippen LogP contribution is -2.39. The summed E-state index contributed by atoms with van der Waals surface area (Å²) in [6.45, 7) is 3.48. The fourth-order valence-corrected chi connectivity index (χ4v) is 6.20. The number of fused-ring (bicyclic) bond motifs is 1. The van der Waals surface area contributed by atoms with Gasteiger partial charge in [0.25, 0.3) is 12.3 Å². The lowest BCUT2D eigenvalue weighted by atomic mass is 9.85. The number of aromatic nitrogens is 4. The monoisotopic (exact) mass is 609 g/mol. The molecular formula is C30H30ClF2N7O3. The van der Waals surface area contributed by atoms with Crippen molar-refractivity contribution < 1.29 is 18.4 Å². The molecule has 3 amide bonds. The van der Waals surface area contributed by atoms with E-state index in [1.54, 1.807) is 20.2 Å². The summed E-state index contributed by atoms with van der Waals surface area (Å²) in [5, 5.41) is 5.75. The molecule has 10 nitrogen and oxygen atoms in total. The van der Waals surface area contributed by atoms with Crippen molar-refractivity contribution in [2.75, 3.05) is 18.0 Å². The number of carbonyl (C=O) groups excluding carboxylic acids is 2. The number of imidazole rings is 1. The Hall–Kier alpha value is -4.32. The number of benzene rings is 1. The van der Waals surface area contributed by atoms with Gasteiger partial charge in [-0.2, -0.15) is 0 Å². The molecule has 13 heteroatoms. The molecule has 2 N–H and O–H groups in total. The fraction of sp³-hybridized carbons (Fsp3) is 0.367. The molecule has 1 saturated carbocycles. The summed E-state index contributed by atoms with van der Waals surface area (Å²) >= 11 is 5.91. The number of pyridine rings is 2. The van der Waals surface area contributed by atoms with Crippen LogP contribution in [0.2, 0.25) is 5.02 Å². The Kier molecular flexibility index (Phi) is 7.87. The van der Waals surface area contributed by atoms with Gasteiger partial charge in [-0.15, -0.1) is 0 Å². The molecule has 0 unspecified atom stereocenters. The molecular weight excluding hydrogens is 580 g/mol. The van der Waals surface area contributed by atoms with E-state index >= 15 is 0 Å². The van der Waals surface area contributed by atoms with Gasteiger partial charge >= 0.3 is 11.7 Å². The van der Waals surface area contributed by atoms with E-state index in [9.17, 15) is 23.2 Å². The van der Waals surface area contributed by atoms with Crippen molar-refractivity contribution in [1.29, 1.82) is 0 Å².